The van der Waals surface area contributed by atoms with Gasteiger partial charge in [-0.05, 0) is 38.1 Å². The molecule has 2 N–H and O–H groups in total. The molecule has 0 radical (unpaired) electrons. The molecule has 0 aliphatic heterocycles. The Labute approximate surface area is 81.7 Å². The largest absolute Gasteiger partial charge is 0.396 e. The normalized spacial score (nSPS) is 23.3. The maximum atomic E-state index is 8.96. The summed E-state index contributed by atoms with van der Waals surface area (Å²) in [5, 5.41) is 12.5. The molecule has 0 saturated heterocycles. The molecule has 0 aromatic rings. The molecule has 78 valence electrons. The summed E-state index contributed by atoms with van der Waals surface area (Å²) in [7, 11) is 0. The molecule has 0 spiro atoms. The predicted molar refractivity (Wildman–Crippen MR) is 55.7 cm³/mol. The number of aliphatic hydroxyl groups is 1. The molecule has 1 aliphatic rings. The van der Waals surface area contributed by atoms with E-state index in [1.54, 1.807) is 0 Å². The van der Waals surface area contributed by atoms with Crippen LogP contribution in [0.3, 0.4) is 0 Å². The Balaban J connectivity index is 2.10. The topological polar surface area (TPSA) is 32.3 Å². The van der Waals surface area contributed by atoms with Crippen LogP contribution in [0.25, 0.3) is 0 Å². The van der Waals surface area contributed by atoms with Crippen molar-refractivity contribution in [2.45, 2.75) is 45.6 Å². The van der Waals surface area contributed by atoms with Gasteiger partial charge in [0.15, 0.2) is 0 Å². The van der Waals surface area contributed by atoms with Gasteiger partial charge in [-0.15, -0.1) is 0 Å². The molecule has 1 saturated carbocycles. The van der Waals surface area contributed by atoms with Crippen molar-refractivity contribution in [2.24, 2.45) is 11.8 Å². The number of rotatable bonds is 5. The van der Waals surface area contributed by atoms with E-state index in [-0.39, 0.29) is 0 Å². The summed E-state index contributed by atoms with van der Waals surface area (Å²) in [6.45, 7) is 5.69. The highest BCUT2D eigenvalue weighted by Crippen LogP contribution is 2.23. The molecular formula is C11H23NO. The van der Waals surface area contributed by atoms with Gasteiger partial charge in [-0.25, -0.2) is 0 Å². The number of nitrogens with one attached hydrogen (secondary N) is 1. The van der Waals surface area contributed by atoms with E-state index in [9.17, 15) is 0 Å². The van der Waals surface area contributed by atoms with E-state index < -0.39 is 0 Å². The van der Waals surface area contributed by atoms with E-state index in [1.807, 2.05) is 0 Å². The predicted octanol–water partition coefficient (Wildman–Crippen LogP) is 1.78. The molecule has 0 bridgehead atoms. The first-order chi connectivity index (χ1) is 6.24. The summed E-state index contributed by atoms with van der Waals surface area (Å²) >= 11 is 0. The van der Waals surface area contributed by atoms with Crippen molar-refractivity contribution in [1.82, 2.24) is 5.32 Å². The minimum Gasteiger partial charge on any atom is -0.396 e. The average molecular weight is 185 g/mol. The second-order valence-electron chi connectivity index (χ2n) is 4.51. The van der Waals surface area contributed by atoms with Crippen molar-refractivity contribution in [1.29, 1.82) is 0 Å². The van der Waals surface area contributed by atoms with Crippen LogP contribution in [0.2, 0.25) is 0 Å². The first-order valence-electron chi connectivity index (χ1n) is 5.58. The van der Waals surface area contributed by atoms with Crippen LogP contribution in [0.4, 0.5) is 0 Å². The van der Waals surface area contributed by atoms with E-state index in [0.29, 0.717) is 18.6 Å². The van der Waals surface area contributed by atoms with Crippen LogP contribution in [-0.4, -0.2) is 24.3 Å². The van der Waals surface area contributed by atoms with Crippen molar-refractivity contribution < 1.29 is 5.11 Å². The quantitative estimate of drug-likeness (QED) is 0.684. The molecular weight excluding hydrogens is 162 g/mol. The van der Waals surface area contributed by atoms with E-state index in [0.717, 1.165) is 12.5 Å². The summed E-state index contributed by atoms with van der Waals surface area (Å²) in [6.07, 6.45) is 5.62. The van der Waals surface area contributed by atoms with E-state index in [1.165, 1.54) is 25.7 Å². The Kier molecular flexibility index (Phi) is 4.74. The second-order valence-corrected chi connectivity index (χ2v) is 4.51. The van der Waals surface area contributed by atoms with Gasteiger partial charge in [-0.1, -0.05) is 19.8 Å². The summed E-state index contributed by atoms with van der Waals surface area (Å²) in [5.74, 6) is 1.27. The average Bonchev–Trinajstić information content (AvgIpc) is 2.65. The van der Waals surface area contributed by atoms with Gasteiger partial charge in [-0.2, -0.15) is 0 Å². The number of aliphatic hydroxyl groups excluding tert-OH is 1. The summed E-state index contributed by atoms with van der Waals surface area (Å²) in [6, 6.07) is 0.450. The molecule has 2 unspecified atom stereocenters. The van der Waals surface area contributed by atoms with Gasteiger partial charge in [-0.3, -0.25) is 0 Å². The van der Waals surface area contributed by atoms with Crippen LogP contribution in [0.15, 0.2) is 0 Å². The van der Waals surface area contributed by atoms with E-state index in [2.05, 4.69) is 19.2 Å². The minimum atomic E-state index is 0.291. The lowest BCUT2D eigenvalue weighted by molar-refractivity contribution is 0.204. The molecule has 2 nitrogen and oxygen atoms in total. The lowest BCUT2D eigenvalue weighted by atomic mass is 10.0. The zero-order chi connectivity index (χ0) is 9.68. The molecule has 0 aromatic carbocycles. The zero-order valence-electron chi connectivity index (χ0n) is 8.92. The fourth-order valence-electron chi connectivity index (χ4n) is 1.93. The van der Waals surface area contributed by atoms with Crippen LogP contribution in [0, 0.1) is 11.8 Å². The van der Waals surface area contributed by atoms with E-state index >= 15 is 0 Å². The molecule has 2 heteroatoms. The maximum Gasteiger partial charge on any atom is 0.0471 e. The first kappa shape index (κ1) is 11.0. The molecule has 1 fully saturated rings. The Bertz CT molecular complexity index is 132. The Hall–Kier alpha value is -0.0800. The fraction of sp³-hybridized carbons (Fsp3) is 1.00. The highest BCUT2D eigenvalue weighted by molar-refractivity contribution is 4.73. The van der Waals surface area contributed by atoms with Crippen molar-refractivity contribution >= 4 is 0 Å². The maximum absolute atomic E-state index is 8.96. The van der Waals surface area contributed by atoms with Gasteiger partial charge in [0, 0.05) is 12.6 Å². The highest BCUT2D eigenvalue weighted by Gasteiger charge is 2.17. The summed E-state index contributed by atoms with van der Waals surface area (Å²) in [5.41, 5.74) is 0. The Morgan fingerprint density at radius 1 is 1.31 bits per heavy atom. The third-order valence-corrected chi connectivity index (χ3v) is 3.34. The molecule has 2 atom stereocenters. The molecule has 0 amide bonds. The third-order valence-electron chi connectivity index (χ3n) is 3.34. The van der Waals surface area contributed by atoms with Gasteiger partial charge >= 0.3 is 0 Å². The van der Waals surface area contributed by atoms with Gasteiger partial charge in [0.25, 0.3) is 0 Å². The highest BCUT2D eigenvalue weighted by atomic mass is 16.3. The summed E-state index contributed by atoms with van der Waals surface area (Å²) < 4.78 is 0. The van der Waals surface area contributed by atoms with Gasteiger partial charge in [0.1, 0.15) is 0 Å². The third kappa shape index (κ3) is 3.65. The van der Waals surface area contributed by atoms with Crippen molar-refractivity contribution in [3.05, 3.63) is 0 Å². The van der Waals surface area contributed by atoms with Crippen LogP contribution in [0.1, 0.15) is 39.5 Å². The SMILES string of the molecule is CC(CO)C(C)NCC1CCCC1. The molecule has 1 aliphatic carbocycles. The minimum absolute atomic E-state index is 0.291. The number of hydrogen-bond acceptors (Lipinski definition) is 2. The van der Waals surface area contributed by atoms with Crippen LogP contribution < -0.4 is 5.32 Å². The molecule has 1 rings (SSSR count). The van der Waals surface area contributed by atoms with Gasteiger partial charge in [0.05, 0.1) is 0 Å². The van der Waals surface area contributed by atoms with Crippen LogP contribution in [0.5, 0.6) is 0 Å². The lowest BCUT2D eigenvalue weighted by Crippen LogP contribution is -2.36. The van der Waals surface area contributed by atoms with Gasteiger partial charge < -0.3 is 10.4 Å². The van der Waals surface area contributed by atoms with Crippen molar-refractivity contribution in [3.63, 3.8) is 0 Å². The second kappa shape index (κ2) is 5.61. The fourth-order valence-corrected chi connectivity index (χ4v) is 1.93. The Morgan fingerprint density at radius 2 is 1.92 bits per heavy atom. The van der Waals surface area contributed by atoms with Gasteiger partial charge in [0.2, 0.25) is 0 Å². The standard InChI is InChI=1S/C11H23NO/c1-9(8-13)10(2)12-7-11-5-3-4-6-11/h9-13H,3-8H2,1-2H3. The number of hydrogen-bond donors (Lipinski definition) is 2. The Morgan fingerprint density at radius 3 is 2.46 bits per heavy atom. The molecule has 0 aromatic heterocycles. The van der Waals surface area contributed by atoms with Crippen molar-refractivity contribution in [3.8, 4) is 0 Å². The summed E-state index contributed by atoms with van der Waals surface area (Å²) in [4.78, 5) is 0. The van der Waals surface area contributed by atoms with Crippen LogP contribution in [-0.2, 0) is 0 Å². The molecule has 13 heavy (non-hydrogen) atoms. The molecule has 0 heterocycles. The lowest BCUT2D eigenvalue weighted by Gasteiger charge is -2.21. The zero-order valence-corrected chi connectivity index (χ0v) is 8.92. The smallest absolute Gasteiger partial charge is 0.0471 e. The monoisotopic (exact) mass is 185 g/mol. The van der Waals surface area contributed by atoms with Crippen molar-refractivity contribution in [2.75, 3.05) is 13.2 Å². The van der Waals surface area contributed by atoms with E-state index in [4.69, 9.17) is 5.11 Å². The first-order valence-corrected chi connectivity index (χ1v) is 5.58. The van der Waals surface area contributed by atoms with Crippen LogP contribution >= 0.6 is 0 Å².